The number of hydrogen-bond acceptors (Lipinski definition) is 5. The summed E-state index contributed by atoms with van der Waals surface area (Å²) in [6, 6.07) is 9.59. The Hall–Kier alpha value is -2.38. The molecule has 2 aromatic rings. The second-order valence-electron chi connectivity index (χ2n) is 7.34. The van der Waals surface area contributed by atoms with E-state index in [0.717, 1.165) is 38.4 Å². The summed E-state index contributed by atoms with van der Waals surface area (Å²) in [5.41, 5.74) is 2.13. The highest BCUT2D eigenvalue weighted by Crippen LogP contribution is 2.29. The summed E-state index contributed by atoms with van der Waals surface area (Å²) in [5.74, 6) is 0.556. The number of hydrogen-bond donors (Lipinski definition) is 0. The standard InChI is InChI=1S/C21H25N3O3S/c1-27-19-4-2-3-18(12-19)24-14-17(11-20(24)25)21(26)23-8-6-22(7-9-23)13-16-5-10-28-15-16/h2-5,10,12,15,17H,6-9,11,13-14H2,1H3. The van der Waals surface area contributed by atoms with Crippen molar-refractivity contribution in [2.45, 2.75) is 13.0 Å². The first-order valence-corrected chi connectivity index (χ1v) is 10.5. The molecule has 0 radical (unpaired) electrons. The number of methoxy groups -OCH3 is 1. The summed E-state index contributed by atoms with van der Waals surface area (Å²) in [5, 5.41) is 4.27. The monoisotopic (exact) mass is 399 g/mol. The molecule has 2 fully saturated rings. The van der Waals surface area contributed by atoms with E-state index in [-0.39, 0.29) is 24.2 Å². The van der Waals surface area contributed by atoms with Crippen LogP contribution < -0.4 is 9.64 Å². The van der Waals surface area contributed by atoms with Crippen LogP contribution in [-0.4, -0.2) is 61.4 Å². The highest BCUT2D eigenvalue weighted by molar-refractivity contribution is 7.07. The minimum absolute atomic E-state index is 0.00250. The molecule has 4 rings (SSSR count). The number of amides is 2. The maximum atomic E-state index is 13.0. The van der Waals surface area contributed by atoms with Crippen LogP contribution in [0.3, 0.4) is 0 Å². The number of nitrogens with zero attached hydrogens (tertiary/aromatic N) is 3. The number of carbonyl (C=O) groups is 2. The van der Waals surface area contributed by atoms with E-state index in [0.29, 0.717) is 12.3 Å². The summed E-state index contributed by atoms with van der Waals surface area (Å²) in [7, 11) is 1.61. The fourth-order valence-corrected chi connectivity index (χ4v) is 4.59. The number of carbonyl (C=O) groups excluding carboxylic acids is 2. The van der Waals surface area contributed by atoms with Gasteiger partial charge in [0.15, 0.2) is 0 Å². The molecule has 2 saturated heterocycles. The van der Waals surface area contributed by atoms with Gasteiger partial charge in [0.05, 0.1) is 13.0 Å². The van der Waals surface area contributed by atoms with Crippen LogP contribution in [0, 0.1) is 5.92 Å². The topological polar surface area (TPSA) is 53.1 Å². The van der Waals surface area contributed by atoms with Gasteiger partial charge in [-0.05, 0) is 34.5 Å². The van der Waals surface area contributed by atoms with Crippen LogP contribution in [0.25, 0.3) is 0 Å². The second kappa shape index (κ2) is 8.32. The smallest absolute Gasteiger partial charge is 0.228 e. The Morgan fingerprint density at radius 1 is 1.21 bits per heavy atom. The third-order valence-electron chi connectivity index (χ3n) is 5.51. The van der Waals surface area contributed by atoms with Crippen LogP contribution in [0.1, 0.15) is 12.0 Å². The third kappa shape index (κ3) is 4.05. The molecule has 2 aliphatic rings. The van der Waals surface area contributed by atoms with Crippen molar-refractivity contribution >= 4 is 28.8 Å². The van der Waals surface area contributed by atoms with E-state index in [9.17, 15) is 9.59 Å². The largest absolute Gasteiger partial charge is 0.497 e. The molecule has 0 spiro atoms. The molecule has 148 valence electrons. The van der Waals surface area contributed by atoms with Gasteiger partial charge in [0, 0.05) is 57.4 Å². The highest BCUT2D eigenvalue weighted by Gasteiger charge is 2.38. The van der Waals surface area contributed by atoms with Crippen molar-refractivity contribution in [1.82, 2.24) is 9.80 Å². The van der Waals surface area contributed by atoms with Gasteiger partial charge in [-0.1, -0.05) is 6.07 Å². The zero-order valence-electron chi connectivity index (χ0n) is 16.0. The molecular weight excluding hydrogens is 374 g/mol. The molecule has 2 aliphatic heterocycles. The van der Waals surface area contributed by atoms with E-state index in [4.69, 9.17) is 4.74 Å². The zero-order chi connectivity index (χ0) is 19.5. The van der Waals surface area contributed by atoms with Crippen molar-refractivity contribution in [3.63, 3.8) is 0 Å². The molecule has 0 saturated carbocycles. The SMILES string of the molecule is COc1cccc(N2CC(C(=O)N3CCN(Cc4ccsc4)CC3)CC2=O)c1. The average Bonchev–Trinajstić information content (AvgIpc) is 3.37. The molecule has 1 aromatic heterocycles. The van der Waals surface area contributed by atoms with E-state index in [1.807, 2.05) is 29.2 Å². The predicted molar refractivity (Wildman–Crippen MR) is 110 cm³/mol. The van der Waals surface area contributed by atoms with Gasteiger partial charge in [0.25, 0.3) is 0 Å². The minimum atomic E-state index is -0.262. The lowest BCUT2D eigenvalue weighted by Gasteiger charge is -2.35. The summed E-state index contributed by atoms with van der Waals surface area (Å²) in [6.07, 6.45) is 0.283. The van der Waals surface area contributed by atoms with Gasteiger partial charge in [-0.15, -0.1) is 0 Å². The van der Waals surface area contributed by atoms with Crippen molar-refractivity contribution in [3.05, 3.63) is 46.7 Å². The quantitative estimate of drug-likeness (QED) is 0.775. The normalized spacial score (nSPS) is 20.6. The molecule has 1 aromatic carbocycles. The third-order valence-corrected chi connectivity index (χ3v) is 6.24. The summed E-state index contributed by atoms with van der Waals surface area (Å²) < 4.78 is 5.25. The maximum absolute atomic E-state index is 13.0. The van der Waals surface area contributed by atoms with Crippen LogP contribution in [0.4, 0.5) is 5.69 Å². The van der Waals surface area contributed by atoms with E-state index < -0.39 is 0 Å². The summed E-state index contributed by atoms with van der Waals surface area (Å²) in [4.78, 5) is 31.5. The molecule has 0 bridgehead atoms. The van der Waals surface area contributed by atoms with E-state index >= 15 is 0 Å². The molecular formula is C21H25N3O3S. The van der Waals surface area contributed by atoms with E-state index in [1.165, 1.54) is 5.56 Å². The lowest BCUT2D eigenvalue weighted by molar-refractivity contribution is -0.137. The molecule has 3 heterocycles. The Bertz CT molecular complexity index is 831. The lowest BCUT2D eigenvalue weighted by Crippen LogP contribution is -2.50. The first-order valence-electron chi connectivity index (χ1n) is 9.60. The molecule has 0 N–H and O–H groups in total. The van der Waals surface area contributed by atoms with Crippen molar-refractivity contribution in [1.29, 1.82) is 0 Å². The molecule has 6 nitrogen and oxygen atoms in total. The molecule has 28 heavy (non-hydrogen) atoms. The molecule has 0 aliphatic carbocycles. The lowest BCUT2D eigenvalue weighted by atomic mass is 10.1. The first-order chi connectivity index (χ1) is 13.6. The number of ether oxygens (including phenoxy) is 1. The van der Waals surface area contributed by atoms with Crippen LogP contribution in [0.2, 0.25) is 0 Å². The number of benzene rings is 1. The predicted octanol–water partition coefficient (Wildman–Crippen LogP) is 2.45. The molecule has 2 amide bonds. The Balaban J connectivity index is 1.33. The Labute approximate surface area is 169 Å². The number of rotatable bonds is 5. The van der Waals surface area contributed by atoms with Crippen LogP contribution in [0.5, 0.6) is 5.75 Å². The van der Waals surface area contributed by atoms with Crippen molar-refractivity contribution in [2.24, 2.45) is 5.92 Å². The fourth-order valence-electron chi connectivity index (χ4n) is 3.93. The number of piperazine rings is 1. The minimum Gasteiger partial charge on any atom is -0.497 e. The molecule has 1 atom stereocenters. The van der Waals surface area contributed by atoms with Crippen LogP contribution in [-0.2, 0) is 16.1 Å². The number of thiophene rings is 1. The highest BCUT2D eigenvalue weighted by atomic mass is 32.1. The van der Waals surface area contributed by atoms with Gasteiger partial charge in [-0.3, -0.25) is 14.5 Å². The first kappa shape index (κ1) is 19.0. The number of anilines is 1. The van der Waals surface area contributed by atoms with Crippen LogP contribution >= 0.6 is 11.3 Å². The van der Waals surface area contributed by atoms with Gasteiger partial charge in [-0.2, -0.15) is 11.3 Å². The van der Waals surface area contributed by atoms with Crippen molar-refractivity contribution in [3.8, 4) is 5.75 Å². The second-order valence-corrected chi connectivity index (χ2v) is 8.12. The van der Waals surface area contributed by atoms with E-state index in [1.54, 1.807) is 23.3 Å². The summed E-state index contributed by atoms with van der Waals surface area (Å²) in [6.45, 7) is 4.60. The van der Waals surface area contributed by atoms with Gasteiger partial charge >= 0.3 is 0 Å². The Morgan fingerprint density at radius 2 is 2.04 bits per heavy atom. The average molecular weight is 400 g/mol. The fraction of sp³-hybridized carbons (Fsp3) is 0.429. The van der Waals surface area contributed by atoms with Crippen molar-refractivity contribution < 1.29 is 14.3 Å². The van der Waals surface area contributed by atoms with Crippen LogP contribution in [0.15, 0.2) is 41.1 Å². The zero-order valence-corrected chi connectivity index (χ0v) is 16.9. The maximum Gasteiger partial charge on any atom is 0.228 e. The summed E-state index contributed by atoms with van der Waals surface area (Å²) >= 11 is 1.72. The van der Waals surface area contributed by atoms with E-state index in [2.05, 4.69) is 21.7 Å². The van der Waals surface area contributed by atoms with Gasteiger partial charge < -0.3 is 14.5 Å². The Kier molecular flexibility index (Phi) is 5.64. The molecule has 1 unspecified atom stereocenters. The Morgan fingerprint density at radius 3 is 2.75 bits per heavy atom. The van der Waals surface area contributed by atoms with Crippen molar-refractivity contribution in [2.75, 3.05) is 44.7 Å². The van der Waals surface area contributed by atoms with Gasteiger partial charge in [-0.25, -0.2) is 0 Å². The molecule has 7 heteroatoms. The van der Waals surface area contributed by atoms with Gasteiger partial charge in [0.2, 0.25) is 11.8 Å². The van der Waals surface area contributed by atoms with Gasteiger partial charge in [0.1, 0.15) is 5.75 Å².